The molecule has 2 N–H and O–H groups in total. The highest BCUT2D eigenvalue weighted by Gasteiger charge is 2.27. The van der Waals surface area contributed by atoms with Crippen LogP contribution < -0.4 is 5.73 Å². The number of carbonyl (C=O) groups excluding carboxylic acids is 1. The zero-order valence-electron chi connectivity index (χ0n) is 10.7. The molecule has 0 saturated carbocycles. The first-order chi connectivity index (χ1) is 9.07. The number of carbonyl (C=O) groups is 1. The molecule has 0 heterocycles. The van der Waals surface area contributed by atoms with E-state index in [4.69, 9.17) is 17.3 Å². The number of aryl methyl sites for hydroxylation is 1. The van der Waals surface area contributed by atoms with E-state index in [1.165, 1.54) is 13.0 Å². The van der Waals surface area contributed by atoms with Gasteiger partial charge in [-0.3, -0.25) is 14.9 Å². The molecule has 110 valence electrons. The Balaban J connectivity index is 3.42. The molecule has 0 aliphatic rings. The van der Waals surface area contributed by atoms with Crippen molar-refractivity contribution >= 4 is 33.2 Å². The third-order valence-corrected chi connectivity index (χ3v) is 4.76. The van der Waals surface area contributed by atoms with E-state index in [-0.39, 0.29) is 15.5 Å². The molecule has 0 saturated heterocycles. The van der Waals surface area contributed by atoms with Crippen LogP contribution in [0.3, 0.4) is 0 Å². The molecular weight excluding hydrogens is 310 g/mol. The highest BCUT2D eigenvalue weighted by molar-refractivity contribution is 7.89. The summed E-state index contributed by atoms with van der Waals surface area (Å²) in [6, 6.07) is 2.05. The Morgan fingerprint density at radius 1 is 1.50 bits per heavy atom. The molecule has 0 bridgehead atoms. The van der Waals surface area contributed by atoms with Gasteiger partial charge >= 0.3 is 0 Å². The average Bonchev–Trinajstić information content (AvgIpc) is 2.26. The number of nitrogens with two attached hydrogens (primary N) is 1. The molecule has 1 rings (SSSR count). The third kappa shape index (κ3) is 3.24. The minimum Gasteiger partial charge on any atom is -0.369 e. The number of sulfonamides is 1. The summed E-state index contributed by atoms with van der Waals surface area (Å²) in [7, 11) is -2.92. The van der Waals surface area contributed by atoms with E-state index in [1.807, 2.05) is 0 Å². The van der Waals surface area contributed by atoms with Gasteiger partial charge in [0, 0.05) is 13.1 Å². The maximum absolute atomic E-state index is 12.2. The summed E-state index contributed by atoms with van der Waals surface area (Å²) in [5.74, 6) is -0.836. The molecular formula is C10H12ClN3O5S. The monoisotopic (exact) mass is 321 g/mol. The quantitative estimate of drug-likeness (QED) is 0.630. The van der Waals surface area contributed by atoms with Crippen LogP contribution in [0.15, 0.2) is 17.0 Å². The van der Waals surface area contributed by atoms with Crippen LogP contribution in [-0.2, 0) is 14.8 Å². The van der Waals surface area contributed by atoms with Gasteiger partial charge in [-0.2, -0.15) is 4.31 Å². The van der Waals surface area contributed by atoms with Crippen molar-refractivity contribution in [2.24, 2.45) is 5.73 Å². The fourth-order valence-corrected chi connectivity index (χ4v) is 3.18. The molecule has 0 fully saturated rings. The van der Waals surface area contributed by atoms with E-state index in [9.17, 15) is 23.3 Å². The maximum atomic E-state index is 12.2. The average molecular weight is 322 g/mol. The van der Waals surface area contributed by atoms with Crippen LogP contribution in [-0.4, -0.2) is 37.1 Å². The molecule has 0 spiro atoms. The van der Waals surface area contributed by atoms with E-state index in [0.29, 0.717) is 0 Å². The van der Waals surface area contributed by atoms with Crippen LogP contribution >= 0.6 is 11.6 Å². The molecule has 10 heteroatoms. The lowest BCUT2D eigenvalue weighted by atomic mass is 10.2. The second-order valence-corrected chi connectivity index (χ2v) is 6.47. The Kier molecular flexibility index (Phi) is 4.69. The number of primary amides is 1. The van der Waals surface area contributed by atoms with E-state index < -0.39 is 33.1 Å². The number of halogens is 1. The van der Waals surface area contributed by atoms with Gasteiger partial charge in [-0.15, -0.1) is 0 Å². The Labute approximate surface area is 120 Å². The molecule has 0 radical (unpaired) electrons. The van der Waals surface area contributed by atoms with Gasteiger partial charge in [0.25, 0.3) is 5.69 Å². The number of nitro benzene ring substituents is 1. The zero-order valence-corrected chi connectivity index (χ0v) is 12.2. The number of nitrogens with zero attached hydrogens (tertiary/aromatic N) is 2. The Bertz CT molecular complexity index is 674. The largest absolute Gasteiger partial charge is 0.369 e. The summed E-state index contributed by atoms with van der Waals surface area (Å²) in [5.41, 5.74) is 4.64. The van der Waals surface area contributed by atoms with Crippen molar-refractivity contribution in [3.63, 3.8) is 0 Å². The SMILES string of the molecule is Cc1cc(Cl)c([N+](=O)[O-])cc1S(=O)(=O)N(C)CC(N)=O. The van der Waals surface area contributed by atoms with Crippen molar-refractivity contribution in [1.82, 2.24) is 4.31 Å². The highest BCUT2D eigenvalue weighted by Crippen LogP contribution is 2.31. The standard InChI is InChI=1S/C10H12ClN3O5S/c1-6-3-7(11)8(14(16)17)4-9(6)20(18,19)13(2)5-10(12)15/h3-4H,5H2,1-2H3,(H2,12,15). The minimum atomic E-state index is -4.07. The molecule has 0 aliphatic heterocycles. The first kappa shape index (κ1) is 16.3. The lowest BCUT2D eigenvalue weighted by Crippen LogP contribution is -2.35. The number of nitro groups is 1. The van der Waals surface area contributed by atoms with Gasteiger partial charge in [0.15, 0.2) is 0 Å². The molecule has 0 unspecified atom stereocenters. The molecule has 1 aromatic rings. The van der Waals surface area contributed by atoms with Gasteiger partial charge in [-0.25, -0.2) is 8.42 Å². The van der Waals surface area contributed by atoms with E-state index >= 15 is 0 Å². The second kappa shape index (κ2) is 5.73. The van der Waals surface area contributed by atoms with Gasteiger partial charge in [0.2, 0.25) is 15.9 Å². The van der Waals surface area contributed by atoms with Crippen LogP contribution in [0.4, 0.5) is 5.69 Å². The molecule has 0 aliphatic carbocycles. The van der Waals surface area contributed by atoms with Crippen LogP contribution in [0.1, 0.15) is 5.56 Å². The van der Waals surface area contributed by atoms with Gasteiger partial charge in [0.05, 0.1) is 16.4 Å². The van der Waals surface area contributed by atoms with Gasteiger partial charge < -0.3 is 5.73 Å². The maximum Gasteiger partial charge on any atom is 0.289 e. The summed E-state index contributed by atoms with van der Waals surface area (Å²) in [5, 5.41) is 10.6. The van der Waals surface area contributed by atoms with Gasteiger partial charge in [-0.1, -0.05) is 11.6 Å². The summed E-state index contributed by atoms with van der Waals surface area (Å²) in [6.45, 7) is 0.915. The zero-order chi connectivity index (χ0) is 15.7. The number of hydrogen-bond acceptors (Lipinski definition) is 5. The van der Waals surface area contributed by atoms with E-state index in [0.717, 1.165) is 17.4 Å². The summed E-state index contributed by atoms with van der Waals surface area (Å²) in [6.07, 6.45) is 0. The van der Waals surface area contributed by atoms with E-state index in [1.54, 1.807) is 0 Å². The van der Waals surface area contributed by atoms with E-state index in [2.05, 4.69) is 0 Å². The van der Waals surface area contributed by atoms with Crippen molar-refractivity contribution in [1.29, 1.82) is 0 Å². The molecule has 1 aromatic carbocycles. The smallest absolute Gasteiger partial charge is 0.289 e. The van der Waals surface area contributed by atoms with Crippen LogP contribution in [0.25, 0.3) is 0 Å². The van der Waals surface area contributed by atoms with Crippen LogP contribution in [0, 0.1) is 17.0 Å². The van der Waals surface area contributed by atoms with Crippen molar-refractivity contribution in [2.75, 3.05) is 13.6 Å². The predicted molar refractivity (Wildman–Crippen MR) is 71.9 cm³/mol. The Hall–Kier alpha value is -1.71. The number of amides is 1. The third-order valence-electron chi connectivity index (χ3n) is 2.51. The van der Waals surface area contributed by atoms with Gasteiger partial charge in [0.1, 0.15) is 5.02 Å². The summed E-state index contributed by atoms with van der Waals surface area (Å²) < 4.78 is 25.2. The lowest BCUT2D eigenvalue weighted by molar-refractivity contribution is -0.384. The molecule has 0 aromatic heterocycles. The van der Waals surface area contributed by atoms with Crippen molar-refractivity contribution in [2.45, 2.75) is 11.8 Å². The molecule has 0 atom stereocenters. The first-order valence-corrected chi connectivity index (χ1v) is 7.08. The van der Waals surface area contributed by atoms with Crippen LogP contribution in [0.2, 0.25) is 5.02 Å². The number of likely N-dealkylation sites (N-methyl/N-ethyl adjacent to an activating group) is 1. The fraction of sp³-hybridized carbons (Fsp3) is 0.300. The topological polar surface area (TPSA) is 124 Å². The van der Waals surface area contributed by atoms with Gasteiger partial charge in [-0.05, 0) is 18.6 Å². The number of hydrogen-bond donors (Lipinski definition) is 1. The summed E-state index contributed by atoms with van der Waals surface area (Å²) >= 11 is 5.69. The molecule has 1 amide bonds. The Morgan fingerprint density at radius 2 is 2.05 bits per heavy atom. The molecule has 8 nitrogen and oxygen atoms in total. The Morgan fingerprint density at radius 3 is 2.50 bits per heavy atom. The number of benzene rings is 1. The molecule has 20 heavy (non-hydrogen) atoms. The predicted octanol–water partition coefficient (Wildman–Crippen LogP) is 0.662. The highest BCUT2D eigenvalue weighted by atomic mass is 35.5. The lowest BCUT2D eigenvalue weighted by Gasteiger charge is -2.17. The first-order valence-electron chi connectivity index (χ1n) is 5.26. The van der Waals surface area contributed by atoms with Crippen molar-refractivity contribution in [3.05, 3.63) is 32.8 Å². The second-order valence-electron chi connectivity index (χ2n) is 4.05. The van der Waals surface area contributed by atoms with Crippen molar-refractivity contribution < 1.29 is 18.1 Å². The fourth-order valence-electron chi connectivity index (χ4n) is 1.53. The van der Waals surface area contributed by atoms with Crippen LogP contribution in [0.5, 0.6) is 0 Å². The normalized spacial score (nSPS) is 11.6. The minimum absolute atomic E-state index is 0.163. The number of rotatable bonds is 5. The van der Waals surface area contributed by atoms with Crippen molar-refractivity contribution in [3.8, 4) is 0 Å². The summed E-state index contributed by atoms with van der Waals surface area (Å²) in [4.78, 5) is 20.5.